The summed E-state index contributed by atoms with van der Waals surface area (Å²) in [5.74, 6) is 1.86. The summed E-state index contributed by atoms with van der Waals surface area (Å²) in [4.78, 5) is 0. The highest BCUT2D eigenvalue weighted by Gasteiger charge is 2.36. The lowest BCUT2D eigenvalue weighted by Crippen LogP contribution is -2.34. The van der Waals surface area contributed by atoms with Gasteiger partial charge in [0, 0.05) is 0 Å². The van der Waals surface area contributed by atoms with Gasteiger partial charge in [0.2, 0.25) is 0 Å². The second kappa shape index (κ2) is 5.19. The molecule has 1 aliphatic rings. The molecule has 14 heavy (non-hydrogen) atoms. The van der Waals surface area contributed by atoms with E-state index in [1.54, 1.807) is 0 Å². The second-order valence-corrected chi connectivity index (χ2v) is 5.75. The molecule has 0 amide bonds. The van der Waals surface area contributed by atoms with Crippen LogP contribution in [0.2, 0.25) is 0 Å². The first-order valence-corrected chi connectivity index (χ1v) is 6.61. The third-order valence-corrected chi connectivity index (χ3v) is 4.65. The van der Waals surface area contributed by atoms with Crippen LogP contribution in [-0.4, -0.2) is 0 Å². The van der Waals surface area contributed by atoms with Crippen molar-refractivity contribution in [3.63, 3.8) is 0 Å². The van der Waals surface area contributed by atoms with Crippen molar-refractivity contribution in [3.8, 4) is 0 Å². The maximum atomic E-state index is 2.54. The van der Waals surface area contributed by atoms with E-state index < -0.39 is 0 Å². The first kappa shape index (κ1) is 12.1. The Hall–Kier alpha value is 0. The lowest BCUT2D eigenvalue weighted by molar-refractivity contribution is 0.0693. The van der Waals surface area contributed by atoms with Crippen LogP contribution in [0.25, 0.3) is 0 Å². The Balaban J connectivity index is 2.64. The predicted molar refractivity (Wildman–Crippen MR) is 64.4 cm³/mol. The van der Waals surface area contributed by atoms with Crippen LogP contribution in [0.5, 0.6) is 0 Å². The summed E-state index contributed by atoms with van der Waals surface area (Å²) >= 11 is 0. The van der Waals surface area contributed by atoms with Gasteiger partial charge in [0.1, 0.15) is 0 Å². The molecule has 0 heterocycles. The predicted octanol–water partition coefficient (Wildman–Crippen LogP) is 5.03. The fourth-order valence-electron chi connectivity index (χ4n) is 3.26. The molecule has 0 heteroatoms. The van der Waals surface area contributed by atoms with E-state index in [0.717, 1.165) is 11.8 Å². The molecule has 0 bridgehead atoms. The maximum Gasteiger partial charge on any atom is -0.0275 e. The third kappa shape index (κ3) is 2.52. The van der Waals surface area contributed by atoms with Crippen molar-refractivity contribution in [3.05, 3.63) is 0 Å². The van der Waals surface area contributed by atoms with Crippen LogP contribution in [-0.2, 0) is 0 Å². The first-order valence-electron chi connectivity index (χ1n) is 6.61. The number of hydrogen-bond donors (Lipinski definition) is 0. The fraction of sp³-hybridized carbons (Fsp3) is 1.00. The van der Waals surface area contributed by atoms with Crippen LogP contribution in [0.1, 0.15) is 72.6 Å². The Morgan fingerprint density at radius 1 is 1.14 bits per heavy atom. The lowest BCUT2D eigenvalue weighted by atomic mass is 9.62. The van der Waals surface area contributed by atoms with Gasteiger partial charge < -0.3 is 0 Å². The van der Waals surface area contributed by atoms with Gasteiger partial charge in [0.05, 0.1) is 0 Å². The molecule has 0 spiro atoms. The van der Waals surface area contributed by atoms with Crippen LogP contribution >= 0.6 is 0 Å². The Morgan fingerprint density at radius 2 is 1.71 bits per heavy atom. The zero-order valence-corrected chi connectivity index (χ0v) is 10.6. The van der Waals surface area contributed by atoms with Gasteiger partial charge in [0.15, 0.2) is 0 Å². The Labute approximate surface area is 90.5 Å². The quantitative estimate of drug-likeness (QED) is 0.591. The molecule has 1 unspecified atom stereocenters. The molecule has 0 aromatic heterocycles. The highest BCUT2D eigenvalue weighted by molar-refractivity contribution is 4.86. The van der Waals surface area contributed by atoms with Gasteiger partial charge in [-0.15, -0.1) is 0 Å². The molecule has 1 saturated carbocycles. The average molecular weight is 196 g/mol. The van der Waals surface area contributed by atoms with Gasteiger partial charge in [-0.1, -0.05) is 53.4 Å². The summed E-state index contributed by atoms with van der Waals surface area (Å²) in [6.07, 6.45) is 10.2. The fourth-order valence-corrected chi connectivity index (χ4v) is 3.26. The number of rotatable bonds is 4. The topological polar surface area (TPSA) is 0 Å². The molecule has 0 aromatic carbocycles. The van der Waals surface area contributed by atoms with E-state index in [-0.39, 0.29) is 0 Å². The van der Waals surface area contributed by atoms with E-state index in [9.17, 15) is 0 Å². The minimum Gasteiger partial charge on any atom is -0.0654 e. The SMILES string of the molecule is CCCC(C)(C(C)C)C1CCCCC1. The zero-order chi connectivity index (χ0) is 10.6. The summed E-state index contributed by atoms with van der Waals surface area (Å²) in [6, 6.07) is 0. The van der Waals surface area contributed by atoms with Crippen molar-refractivity contribution >= 4 is 0 Å². The standard InChI is InChI=1S/C14H28/c1-5-11-14(4,12(2)3)13-9-7-6-8-10-13/h12-13H,5-11H2,1-4H3. The van der Waals surface area contributed by atoms with Gasteiger partial charge in [-0.3, -0.25) is 0 Å². The first-order chi connectivity index (χ1) is 6.61. The molecule has 0 N–H and O–H groups in total. The van der Waals surface area contributed by atoms with Gasteiger partial charge >= 0.3 is 0 Å². The molecular formula is C14H28. The second-order valence-electron chi connectivity index (χ2n) is 5.75. The minimum absolute atomic E-state index is 0.620. The van der Waals surface area contributed by atoms with E-state index in [0.29, 0.717) is 5.41 Å². The average Bonchev–Trinajstić information content (AvgIpc) is 2.19. The molecule has 0 nitrogen and oxygen atoms in total. The van der Waals surface area contributed by atoms with E-state index >= 15 is 0 Å². The summed E-state index contributed by atoms with van der Waals surface area (Å²) in [5.41, 5.74) is 0.620. The molecule has 1 fully saturated rings. The van der Waals surface area contributed by atoms with E-state index in [1.807, 2.05) is 0 Å². The monoisotopic (exact) mass is 196 g/mol. The highest BCUT2D eigenvalue weighted by atomic mass is 14.4. The lowest BCUT2D eigenvalue weighted by Gasteiger charge is -2.43. The maximum absolute atomic E-state index is 2.54. The van der Waals surface area contributed by atoms with Crippen molar-refractivity contribution in [1.29, 1.82) is 0 Å². The van der Waals surface area contributed by atoms with Crippen LogP contribution in [0, 0.1) is 17.3 Å². The van der Waals surface area contributed by atoms with Crippen LogP contribution < -0.4 is 0 Å². The normalized spacial score (nSPS) is 23.8. The third-order valence-electron chi connectivity index (χ3n) is 4.65. The van der Waals surface area contributed by atoms with E-state index in [4.69, 9.17) is 0 Å². The highest BCUT2D eigenvalue weighted by Crippen LogP contribution is 2.46. The molecular weight excluding hydrogens is 168 g/mol. The van der Waals surface area contributed by atoms with Crippen LogP contribution in [0.4, 0.5) is 0 Å². The molecule has 0 aromatic rings. The summed E-state index contributed by atoms with van der Waals surface area (Å²) in [5, 5.41) is 0. The Morgan fingerprint density at radius 3 is 2.14 bits per heavy atom. The Kier molecular flexibility index (Phi) is 4.47. The molecule has 1 rings (SSSR count). The van der Waals surface area contributed by atoms with E-state index in [1.165, 1.54) is 44.9 Å². The van der Waals surface area contributed by atoms with E-state index in [2.05, 4.69) is 27.7 Å². The van der Waals surface area contributed by atoms with Crippen LogP contribution in [0.15, 0.2) is 0 Å². The van der Waals surface area contributed by atoms with Crippen LogP contribution in [0.3, 0.4) is 0 Å². The molecule has 84 valence electrons. The summed E-state index contributed by atoms with van der Waals surface area (Å²) in [7, 11) is 0. The van der Waals surface area contributed by atoms with Gasteiger partial charge in [0.25, 0.3) is 0 Å². The molecule has 1 aliphatic carbocycles. The summed E-state index contributed by atoms with van der Waals surface area (Å²) in [6.45, 7) is 9.72. The largest absolute Gasteiger partial charge is 0.0654 e. The Bertz CT molecular complexity index is 153. The molecule has 0 saturated heterocycles. The van der Waals surface area contributed by atoms with Gasteiger partial charge in [-0.25, -0.2) is 0 Å². The minimum atomic E-state index is 0.620. The summed E-state index contributed by atoms with van der Waals surface area (Å²) < 4.78 is 0. The zero-order valence-electron chi connectivity index (χ0n) is 10.6. The van der Waals surface area contributed by atoms with Crippen molar-refractivity contribution in [1.82, 2.24) is 0 Å². The van der Waals surface area contributed by atoms with Crippen molar-refractivity contribution < 1.29 is 0 Å². The smallest absolute Gasteiger partial charge is 0.0275 e. The molecule has 0 aliphatic heterocycles. The molecule has 0 radical (unpaired) electrons. The van der Waals surface area contributed by atoms with Crippen molar-refractivity contribution in [2.24, 2.45) is 17.3 Å². The number of hydrogen-bond acceptors (Lipinski definition) is 0. The van der Waals surface area contributed by atoms with Crippen molar-refractivity contribution in [2.45, 2.75) is 72.6 Å². The molecule has 1 atom stereocenters. The van der Waals surface area contributed by atoms with Crippen molar-refractivity contribution in [2.75, 3.05) is 0 Å². The van der Waals surface area contributed by atoms with Gasteiger partial charge in [-0.05, 0) is 36.5 Å². The van der Waals surface area contributed by atoms with Gasteiger partial charge in [-0.2, -0.15) is 0 Å².